The van der Waals surface area contributed by atoms with E-state index in [2.05, 4.69) is 10.2 Å². The lowest BCUT2D eigenvalue weighted by Crippen LogP contribution is -2.51. The Morgan fingerprint density at radius 1 is 1.42 bits per heavy atom. The zero-order chi connectivity index (χ0) is 13.9. The van der Waals surface area contributed by atoms with E-state index >= 15 is 0 Å². The number of carbonyl (C=O) groups is 1. The van der Waals surface area contributed by atoms with E-state index in [4.69, 9.17) is 9.47 Å². The first-order valence-electron chi connectivity index (χ1n) is 7.25. The molecule has 1 N–H and O–H groups in total. The molecule has 5 nitrogen and oxygen atoms in total. The van der Waals surface area contributed by atoms with Gasteiger partial charge in [0.15, 0.2) is 0 Å². The number of likely N-dealkylation sites (N-methyl/N-ethyl adjacent to an activating group) is 1. The summed E-state index contributed by atoms with van der Waals surface area (Å²) in [5, 5.41) is 3.35. The molecule has 0 bridgehead atoms. The van der Waals surface area contributed by atoms with Crippen molar-refractivity contribution in [2.75, 3.05) is 33.9 Å². The maximum absolute atomic E-state index is 12.1. The van der Waals surface area contributed by atoms with Gasteiger partial charge in [-0.25, -0.2) is 0 Å². The molecule has 0 aromatic heterocycles. The summed E-state index contributed by atoms with van der Waals surface area (Å²) in [4.78, 5) is 14.5. The van der Waals surface area contributed by atoms with Gasteiger partial charge in [-0.15, -0.1) is 0 Å². The van der Waals surface area contributed by atoms with Gasteiger partial charge in [-0.05, 0) is 32.2 Å². The van der Waals surface area contributed by atoms with Gasteiger partial charge < -0.3 is 14.8 Å². The zero-order valence-corrected chi connectivity index (χ0v) is 12.3. The summed E-state index contributed by atoms with van der Waals surface area (Å²) in [6.07, 6.45) is 4.22. The summed E-state index contributed by atoms with van der Waals surface area (Å²) in [6.45, 7) is 4.90. The summed E-state index contributed by atoms with van der Waals surface area (Å²) in [5.74, 6) is -0.112. The second kappa shape index (κ2) is 6.20. The molecule has 3 unspecified atom stereocenters. The van der Waals surface area contributed by atoms with Crippen LogP contribution in [0, 0.1) is 0 Å². The van der Waals surface area contributed by atoms with Crippen LogP contribution in [0.4, 0.5) is 0 Å². The van der Waals surface area contributed by atoms with E-state index in [1.807, 2.05) is 6.92 Å². The number of esters is 1. The van der Waals surface area contributed by atoms with Crippen molar-refractivity contribution in [1.29, 1.82) is 0 Å². The Morgan fingerprint density at radius 2 is 2.21 bits per heavy atom. The van der Waals surface area contributed by atoms with E-state index in [0.717, 1.165) is 45.3 Å². The van der Waals surface area contributed by atoms with Crippen LogP contribution in [0.25, 0.3) is 0 Å². The van der Waals surface area contributed by atoms with Crippen molar-refractivity contribution >= 4 is 5.97 Å². The highest BCUT2D eigenvalue weighted by molar-refractivity contribution is 5.81. The predicted molar refractivity (Wildman–Crippen MR) is 73.0 cm³/mol. The van der Waals surface area contributed by atoms with E-state index in [9.17, 15) is 4.79 Å². The quantitative estimate of drug-likeness (QED) is 0.748. The highest BCUT2D eigenvalue weighted by atomic mass is 16.5. The Labute approximate surface area is 115 Å². The molecule has 1 aliphatic heterocycles. The average molecular weight is 270 g/mol. The van der Waals surface area contributed by atoms with Crippen molar-refractivity contribution < 1.29 is 14.3 Å². The Kier molecular flexibility index (Phi) is 4.81. The van der Waals surface area contributed by atoms with Crippen molar-refractivity contribution in [2.45, 2.75) is 50.3 Å². The van der Waals surface area contributed by atoms with E-state index < -0.39 is 5.54 Å². The second-order valence-electron chi connectivity index (χ2n) is 5.64. The maximum Gasteiger partial charge on any atom is 0.326 e. The average Bonchev–Trinajstić information content (AvgIpc) is 3.05. The van der Waals surface area contributed by atoms with E-state index in [0.29, 0.717) is 12.1 Å². The monoisotopic (exact) mass is 270 g/mol. The molecule has 0 aromatic rings. The normalized spacial score (nSPS) is 35.7. The lowest BCUT2D eigenvalue weighted by Gasteiger charge is -2.29. The number of hydrogen-bond donors (Lipinski definition) is 1. The minimum atomic E-state index is -0.473. The number of carbonyl (C=O) groups excluding carboxylic acids is 1. The van der Waals surface area contributed by atoms with E-state index in [1.165, 1.54) is 7.11 Å². The molecular formula is C14H26N2O3. The third kappa shape index (κ3) is 2.93. The van der Waals surface area contributed by atoms with E-state index in [1.54, 1.807) is 7.11 Å². The Balaban J connectivity index is 1.99. The first-order valence-corrected chi connectivity index (χ1v) is 7.25. The molecule has 1 saturated heterocycles. The minimum Gasteiger partial charge on any atom is -0.468 e. The lowest BCUT2D eigenvalue weighted by atomic mass is 9.97. The molecule has 0 amide bonds. The van der Waals surface area contributed by atoms with Gasteiger partial charge in [0.05, 0.1) is 13.2 Å². The second-order valence-corrected chi connectivity index (χ2v) is 5.64. The summed E-state index contributed by atoms with van der Waals surface area (Å²) in [5.41, 5.74) is -0.473. The van der Waals surface area contributed by atoms with Crippen molar-refractivity contribution in [3.05, 3.63) is 0 Å². The summed E-state index contributed by atoms with van der Waals surface area (Å²) < 4.78 is 10.4. The Bertz CT molecular complexity index is 324. The van der Waals surface area contributed by atoms with Crippen LogP contribution >= 0.6 is 0 Å². The topological polar surface area (TPSA) is 50.8 Å². The number of rotatable bonds is 5. The molecule has 0 aromatic carbocycles. The summed E-state index contributed by atoms with van der Waals surface area (Å²) in [7, 11) is 3.26. The number of ether oxygens (including phenoxy) is 2. The van der Waals surface area contributed by atoms with Crippen LogP contribution in [0.15, 0.2) is 0 Å². The van der Waals surface area contributed by atoms with Gasteiger partial charge in [0.1, 0.15) is 5.54 Å². The number of nitrogens with one attached hydrogen (secondary N) is 1. The highest BCUT2D eigenvalue weighted by Crippen LogP contribution is 2.35. The number of methoxy groups -OCH3 is 2. The van der Waals surface area contributed by atoms with E-state index in [-0.39, 0.29) is 5.97 Å². The molecule has 2 aliphatic rings. The summed E-state index contributed by atoms with van der Waals surface area (Å²) in [6, 6.07) is 0.471. The SMILES string of the molecule is CCNC1(C(=O)OC)CCC(N2CCC(OC)C2)C1. The predicted octanol–water partition coefficient (Wildman–Crippen LogP) is 0.781. The van der Waals surface area contributed by atoms with Gasteiger partial charge in [-0.1, -0.05) is 6.92 Å². The lowest BCUT2D eigenvalue weighted by molar-refractivity contribution is -0.148. The molecule has 1 saturated carbocycles. The molecule has 0 radical (unpaired) electrons. The smallest absolute Gasteiger partial charge is 0.326 e. The van der Waals surface area contributed by atoms with Crippen LogP contribution in [0.1, 0.15) is 32.6 Å². The van der Waals surface area contributed by atoms with Gasteiger partial charge in [-0.2, -0.15) is 0 Å². The van der Waals surface area contributed by atoms with Gasteiger partial charge in [0.2, 0.25) is 0 Å². The van der Waals surface area contributed by atoms with Crippen molar-refractivity contribution in [1.82, 2.24) is 10.2 Å². The molecule has 2 rings (SSSR count). The number of hydrogen-bond acceptors (Lipinski definition) is 5. The van der Waals surface area contributed by atoms with Gasteiger partial charge in [-0.3, -0.25) is 9.69 Å². The minimum absolute atomic E-state index is 0.112. The Hall–Kier alpha value is -0.650. The molecular weight excluding hydrogens is 244 g/mol. The van der Waals surface area contributed by atoms with Crippen molar-refractivity contribution in [3.63, 3.8) is 0 Å². The largest absolute Gasteiger partial charge is 0.468 e. The van der Waals surface area contributed by atoms with Gasteiger partial charge >= 0.3 is 5.97 Å². The zero-order valence-electron chi connectivity index (χ0n) is 12.3. The molecule has 0 spiro atoms. The van der Waals surface area contributed by atoms with Crippen molar-refractivity contribution in [2.24, 2.45) is 0 Å². The fraction of sp³-hybridized carbons (Fsp3) is 0.929. The van der Waals surface area contributed by atoms with Crippen LogP contribution in [-0.4, -0.2) is 62.4 Å². The number of likely N-dealkylation sites (tertiary alicyclic amines) is 1. The Morgan fingerprint density at radius 3 is 2.79 bits per heavy atom. The molecule has 110 valence electrons. The number of nitrogens with zero attached hydrogens (tertiary/aromatic N) is 1. The van der Waals surface area contributed by atoms with Crippen LogP contribution < -0.4 is 5.32 Å². The van der Waals surface area contributed by atoms with Crippen LogP contribution in [0.2, 0.25) is 0 Å². The fourth-order valence-electron chi connectivity index (χ4n) is 3.56. The molecule has 1 aliphatic carbocycles. The van der Waals surface area contributed by atoms with Gasteiger partial charge in [0, 0.05) is 26.2 Å². The third-order valence-electron chi connectivity index (χ3n) is 4.61. The first-order chi connectivity index (χ1) is 9.15. The first kappa shape index (κ1) is 14.8. The third-order valence-corrected chi connectivity index (χ3v) is 4.61. The standard InChI is InChI=1S/C14H26N2O3/c1-4-15-14(13(17)19-3)7-5-11(9-14)16-8-6-12(10-16)18-2/h11-12,15H,4-10H2,1-3H3. The molecule has 3 atom stereocenters. The maximum atomic E-state index is 12.1. The van der Waals surface area contributed by atoms with Crippen LogP contribution in [-0.2, 0) is 14.3 Å². The molecule has 5 heteroatoms. The highest BCUT2D eigenvalue weighted by Gasteiger charge is 2.48. The molecule has 2 fully saturated rings. The summed E-state index contributed by atoms with van der Waals surface area (Å²) >= 11 is 0. The van der Waals surface area contributed by atoms with Crippen molar-refractivity contribution in [3.8, 4) is 0 Å². The molecule has 1 heterocycles. The van der Waals surface area contributed by atoms with Crippen LogP contribution in [0.5, 0.6) is 0 Å². The fourth-order valence-corrected chi connectivity index (χ4v) is 3.56. The van der Waals surface area contributed by atoms with Gasteiger partial charge in [0.25, 0.3) is 0 Å². The molecule has 19 heavy (non-hydrogen) atoms. The van der Waals surface area contributed by atoms with Crippen LogP contribution in [0.3, 0.4) is 0 Å².